The minimum Gasteiger partial charge on any atom is -0.489 e. The standard InChI is InChI=1S/C49H57N7O9S/c1-30(2)36-7-4-5-8-37(36)40-9-6-18-55(40)34-27-49(28-34)15-19-54(20-16-49)33-10-11-38(42(24-33)65-44-23-32-12-17-50-46(32)52-48(44)62-3)47(57)53-66(60,61)35-25-41(56(58)59)45-43(26-35)64-29-39(51-45)31-13-21-63-22-14-31/h4-5,7-8,10-12,17,23-26,30-31,34,39-40,51H,6,9,13-16,18-22,27-29H2,1-3H3,(H,50,52)(H,53,57)/t39-,40+/m1/s1. The van der Waals surface area contributed by atoms with Crippen LogP contribution in [0.1, 0.15) is 98.7 Å². The second kappa shape index (κ2) is 17.7. The number of likely N-dealkylation sites (tertiary alicyclic amines) is 1. The number of amides is 1. The van der Waals surface area contributed by atoms with Crippen LogP contribution in [0.25, 0.3) is 11.0 Å². The van der Waals surface area contributed by atoms with Crippen LogP contribution in [0.4, 0.5) is 17.1 Å². The number of benzene rings is 3. The number of methoxy groups -OCH3 is 1. The highest BCUT2D eigenvalue weighted by molar-refractivity contribution is 7.90. The number of H-pyrrole nitrogens is 1. The number of nitro groups is 1. The van der Waals surface area contributed by atoms with Crippen LogP contribution >= 0.6 is 0 Å². The van der Waals surface area contributed by atoms with Gasteiger partial charge in [0.1, 0.15) is 18.0 Å². The summed E-state index contributed by atoms with van der Waals surface area (Å²) in [5, 5.41) is 16.3. The molecule has 4 fully saturated rings. The van der Waals surface area contributed by atoms with Crippen molar-refractivity contribution in [3.05, 3.63) is 99.7 Å². The summed E-state index contributed by atoms with van der Waals surface area (Å²) in [7, 11) is -3.21. The number of carbonyl (C=O) groups is 1. The number of nitrogens with one attached hydrogen (secondary N) is 3. The third kappa shape index (κ3) is 8.40. The van der Waals surface area contributed by atoms with Crippen molar-refractivity contribution in [2.75, 3.05) is 56.8 Å². The topological polar surface area (TPSA) is 190 Å². The van der Waals surface area contributed by atoms with Crippen LogP contribution in [0.2, 0.25) is 0 Å². The van der Waals surface area contributed by atoms with Gasteiger partial charge in [0, 0.05) is 73.9 Å². The summed E-state index contributed by atoms with van der Waals surface area (Å²) in [6.07, 6.45) is 10.1. The van der Waals surface area contributed by atoms with Gasteiger partial charge in [-0.1, -0.05) is 38.1 Å². The van der Waals surface area contributed by atoms with Crippen molar-refractivity contribution in [2.24, 2.45) is 11.3 Å². The van der Waals surface area contributed by atoms with E-state index < -0.39 is 31.4 Å². The molecule has 348 valence electrons. The summed E-state index contributed by atoms with van der Waals surface area (Å²) < 4.78 is 53.6. The smallest absolute Gasteiger partial charge is 0.297 e. The maximum Gasteiger partial charge on any atom is 0.297 e. The molecule has 17 heteroatoms. The third-order valence-electron chi connectivity index (χ3n) is 14.7. The van der Waals surface area contributed by atoms with Gasteiger partial charge in [0.05, 0.1) is 28.5 Å². The van der Waals surface area contributed by atoms with E-state index in [9.17, 15) is 23.3 Å². The molecule has 1 amide bonds. The summed E-state index contributed by atoms with van der Waals surface area (Å²) in [4.78, 5) is 38.1. The van der Waals surface area contributed by atoms with Gasteiger partial charge in [-0.3, -0.25) is 19.8 Å². The summed E-state index contributed by atoms with van der Waals surface area (Å²) in [6.45, 7) is 8.71. The number of ether oxygens (including phenoxy) is 4. The largest absolute Gasteiger partial charge is 0.489 e. The van der Waals surface area contributed by atoms with E-state index >= 15 is 0 Å². The molecule has 2 aromatic heterocycles. The molecule has 1 saturated carbocycles. The van der Waals surface area contributed by atoms with Crippen molar-refractivity contribution in [1.29, 1.82) is 0 Å². The van der Waals surface area contributed by atoms with E-state index in [-0.39, 0.29) is 58.4 Å². The summed E-state index contributed by atoms with van der Waals surface area (Å²) in [6, 6.07) is 20.6. The molecule has 1 aliphatic carbocycles. The molecule has 3 saturated heterocycles. The van der Waals surface area contributed by atoms with E-state index in [1.807, 2.05) is 6.07 Å². The zero-order chi connectivity index (χ0) is 45.7. The Morgan fingerprint density at radius 1 is 1.00 bits per heavy atom. The van der Waals surface area contributed by atoms with Gasteiger partial charge in [-0.2, -0.15) is 4.98 Å². The Balaban J connectivity index is 0.881. The van der Waals surface area contributed by atoms with E-state index in [1.54, 1.807) is 30.5 Å². The second-order valence-electron chi connectivity index (χ2n) is 18.9. The van der Waals surface area contributed by atoms with Crippen LogP contribution in [0, 0.1) is 21.4 Å². The Bertz CT molecular complexity index is 2760. The number of nitrogens with zero attached hydrogens (tertiary/aromatic N) is 4. The number of aromatic amines is 1. The van der Waals surface area contributed by atoms with Crippen LogP contribution < -0.4 is 29.1 Å². The zero-order valence-corrected chi connectivity index (χ0v) is 38.4. The monoisotopic (exact) mass is 919 g/mol. The molecule has 5 aromatic rings. The minimum atomic E-state index is -4.67. The molecule has 0 unspecified atom stereocenters. The molecule has 16 nitrogen and oxygen atoms in total. The minimum absolute atomic E-state index is 0.0156. The van der Waals surface area contributed by atoms with E-state index in [1.165, 1.54) is 50.0 Å². The van der Waals surface area contributed by atoms with Gasteiger partial charge in [0.2, 0.25) is 0 Å². The Morgan fingerprint density at radius 2 is 1.79 bits per heavy atom. The lowest BCUT2D eigenvalue weighted by Crippen LogP contribution is -2.54. The molecule has 6 heterocycles. The highest BCUT2D eigenvalue weighted by Gasteiger charge is 2.50. The van der Waals surface area contributed by atoms with Crippen molar-refractivity contribution < 1.29 is 37.1 Å². The number of rotatable bonds is 12. The number of hydrogen-bond acceptors (Lipinski definition) is 13. The second-order valence-corrected chi connectivity index (χ2v) is 20.6. The Hall–Kier alpha value is -5.91. The fourth-order valence-electron chi connectivity index (χ4n) is 11.1. The molecule has 2 atom stereocenters. The molecule has 10 rings (SSSR count). The highest BCUT2D eigenvalue weighted by atomic mass is 32.2. The summed E-state index contributed by atoms with van der Waals surface area (Å²) in [5.41, 5.74) is 4.19. The van der Waals surface area contributed by atoms with Gasteiger partial charge < -0.3 is 34.1 Å². The fourth-order valence-corrected chi connectivity index (χ4v) is 12.1. The lowest BCUT2D eigenvalue weighted by molar-refractivity contribution is -0.384. The van der Waals surface area contributed by atoms with Gasteiger partial charge in [-0.05, 0) is 111 Å². The first-order valence-electron chi connectivity index (χ1n) is 23.2. The number of pyridine rings is 1. The average Bonchev–Trinajstić information content (AvgIpc) is 4.00. The summed E-state index contributed by atoms with van der Waals surface area (Å²) >= 11 is 0. The molecule has 3 aromatic carbocycles. The quantitative estimate of drug-likeness (QED) is 0.0797. The number of piperidine rings is 1. The van der Waals surface area contributed by atoms with Crippen molar-refractivity contribution >= 4 is 44.0 Å². The Morgan fingerprint density at radius 3 is 2.55 bits per heavy atom. The zero-order valence-electron chi connectivity index (χ0n) is 37.6. The Labute approximate surface area is 384 Å². The van der Waals surface area contributed by atoms with Crippen molar-refractivity contribution in [2.45, 2.75) is 94.2 Å². The molecule has 1 spiro atoms. The number of fused-ring (bicyclic) bond motifs is 2. The molecule has 0 bridgehead atoms. The average molecular weight is 920 g/mol. The number of sulfonamides is 1. The normalized spacial score (nSPS) is 21.2. The van der Waals surface area contributed by atoms with Crippen molar-refractivity contribution in [1.82, 2.24) is 19.6 Å². The number of nitro benzene ring substituents is 1. The molecule has 3 N–H and O–H groups in total. The van der Waals surface area contributed by atoms with Crippen LogP contribution in [0.3, 0.4) is 0 Å². The number of aromatic nitrogens is 2. The first kappa shape index (κ1) is 44.0. The number of hydrogen-bond donors (Lipinski definition) is 3. The maximum absolute atomic E-state index is 14.2. The molecule has 0 radical (unpaired) electrons. The fraction of sp³-hybridized carbons (Fsp3) is 0.469. The first-order valence-corrected chi connectivity index (χ1v) is 24.7. The van der Waals surface area contributed by atoms with Crippen LogP contribution in [-0.4, -0.2) is 92.8 Å². The van der Waals surface area contributed by atoms with Crippen molar-refractivity contribution in [3.63, 3.8) is 0 Å². The molecular formula is C49H57N7O9S. The molecule has 66 heavy (non-hydrogen) atoms. The molecule has 5 aliphatic rings. The van der Waals surface area contributed by atoms with E-state index in [2.05, 4.69) is 67.9 Å². The van der Waals surface area contributed by atoms with Crippen LogP contribution in [0.15, 0.2) is 77.8 Å². The molecule has 4 aliphatic heterocycles. The predicted molar refractivity (Wildman–Crippen MR) is 249 cm³/mol. The van der Waals surface area contributed by atoms with Crippen LogP contribution in [0.5, 0.6) is 23.1 Å². The van der Waals surface area contributed by atoms with E-state index in [0.29, 0.717) is 36.9 Å². The lowest BCUT2D eigenvalue weighted by Gasteiger charge is -2.56. The number of carbonyl (C=O) groups excluding carboxylic acids is 1. The third-order valence-corrected chi connectivity index (χ3v) is 16.0. The van der Waals surface area contributed by atoms with Crippen molar-refractivity contribution in [3.8, 4) is 23.1 Å². The Kier molecular flexibility index (Phi) is 11.8. The lowest BCUT2D eigenvalue weighted by atomic mass is 9.59. The van der Waals surface area contributed by atoms with Gasteiger partial charge in [0.25, 0.3) is 27.5 Å². The van der Waals surface area contributed by atoms with Crippen LogP contribution in [-0.2, 0) is 14.8 Å². The van der Waals surface area contributed by atoms with Gasteiger partial charge >= 0.3 is 0 Å². The predicted octanol–water partition coefficient (Wildman–Crippen LogP) is 8.70. The van der Waals surface area contributed by atoms with Gasteiger partial charge in [-0.25, -0.2) is 13.1 Å². The maximum atomic E-state index is 14.2. The molecular weight excluding hydrogens is 863 g/mol. The van der Waals surface area contributed by atoms with Gasteiger partial charge in [-0.15, -0.1) is 0 Å². The number of anilines is 2. The highest BCUT2D eigenvalue weighted by Crippen LogP contribution is 2.54. The SMILES string of the molecule is COc1nc2[nH]ccc2cc1Oc1cc(N2CCC3(CC2)CC(N2CCC[C@H]2c2ccccc2C(C)C)C3)ccc1C(=O)NS(=O)(=O)c1cc2c(c([N+](=O)[O-])c1)N[C@@H](C1CCOCC1)CO2. The van der Waals surface area contributed by atoms with Gasteiger partial charge in [0.15, 0.2) is 17.2 Å². The van der Waals surface area contributed by atoms with E-state index in [4.69, 9.17) is 18.9 Å². The first-order chi connectivity index (χ1) is 31.9. The summed E-state index contributed by atoms with van der Waals surface area (Å²) in [5.74, 6) is 0.162. The van der Waals surface area contributed by atoms with E-state index in [0.717, 1.165) is 62.5 Å².